The minimum Gasteiger partial charge on any atom is -0.258 e. The van der Waals surface area contributed by atoms with Crippen molar-refractivity contribution in [1.29, 1.82) is 0 Å². The van der Waals surface area contributed by atoms with Crippen LogP contribution in [0.1, 0.15) is 5.56 Å². The van der Waals surface area contributed by atoms with Gasteiger partial charge in [0.2, 0.25) is 0 Å². The highest BCUT2D eigenvalue weighted by Crippen LogP contribution is 2.23. The number of rotatable bonds is 3. The summed E-state index contributed by atoms with van der Waals surface area (Å²) in [5, 5.41) is 10.5. The fourth-order valence-corrected chi connectivity index (χ4v) is 2.14. The van der Waals surface area contributed by atoms with Gasteiger partial charge in [-0.15, -0.1) is 0 Å². The number of nitro groups is 1. The van der Waals surface area contributed by atoms with Gasteiger partial charge in [-0.1, -0.05) is 18.0 Å². The van der Waals surface area contributed by atoms with E-state index in [9.17, 15) is 10.1 Å². The zero-order valence-electron chi connectivity index (χ0n) is 8.92. The molecule has 0 aliphatic carbocycles. The van der Waals surface area contributed by atoms with E-state index >= 15 is 0 Å². The number of nitro benzene ring substituents is 1. The predicted octanol–water partition coefficient (Wildman–Crippen LogP) is 2.57. The Morgan fingerprint density at radius 1 is 1.38 bits per heavy atom. The summed E-state index contributed by atoms with van der Waals surface area (Å²) in [6.45, 7) is 1.97. The zero-order chi connectivity index (χ0) is 11.5. The monoisotopic (exact) mass is 236 g/mol. The van der Waals surface area contributed by atoms with Gasteiger partial charge in [-0.25, -0.2) is 4.31 Å². The first kappa shape index (κ1) is 11.2. The Morgan fingerprint density at radius 3 is 2.50 bits per heavy atom. The van der Waals surface area contributed by atoms with Crippen LogP contribution in [-0.2, 0) is 0 Å². The van der Waals surface area contributed by atoms with Gasteiger partial charge in [0.25, 0.3) is 5.69 Å². The molecule has 1 fully saturated rings. The molecule has 1 aromatic carbocycles. The molecule has 0 spiro atoms. The normalized spacial score (nSPS) is 15.7. The van der Waals surface area contributed by atoms with Crippen LogP contribution in [0.5, 0.6) is 0 Å². The molecule has 0 unspecified atom stereocenters. The van der Waals surface area contributed by atoms with E-state index in [1.807, 2.05) is 0 Å². The number of non-ortho nitro benzene ring substituents is 1. The van der Waals surface area contributed by atoms with Crippen LogP contribution in [-0.4, -0.2) is 28.6 Å². The maximum absolute atomic E-state index is 10.5. The average Bonchev–Trinajstić information content (AvgIpc) is 2.23. The van der Waals surface area contributed by atoms with Crippen LogP contribution in [0, 0.1) is 10.1 Å². The summed E-state index contributed by atoms with van der Waals surface area (Å²) in [7, 11) is 0. The highest BCUT2D eigenvalue weighted by atomic mass is 32.2. The molecule has 1 aliphatic heterocycles. The van der Waals surface area contributed by atoms with Gasteiger partial charge in [-0.2, -0.15) is 0 Å². The Hall–Kier alpha value is -1.33. The molecule has 84 valence electrons. The first-order chi connectivity index (χ1) is 7.69. The zero-order valence-corrected chi connectivity index (χ0v) is 9.74. The van der Waals surface area contributed by atoms with Crippen molar-refractivity contribution in [3.63, 3.8) is 0 Å². The molecule has 5 heteroatoms. The van der Waals surface area contributed by atoms with E-state index in [0.717, 1.165) is 18.7 Å². The highest BCUT2D eigenvalue weighted by Gasteiger charge is 2.18. The molecule has 0 N–H and O–H groups in total. The molecule has 0 radical (unpaired) electrons. The fraction of sp³-hybridized carbons (Fsp3) is 0.273. The number of benzene rings is 1. The van der Waals surface area contributed by atoms with Crippen LogP contribution < -0.4 is 0 Å². The number of hydrogen-bond donors (Lipinski definition) is 0. The second kappa shape index (κ2) is 4.67. The molecule has 2 rings (SSSR count). The van der Waals surface area contributed by atoms with Gasteiger partial charge in [0.1, 0.15) is 0 Å². The lowest BCUT2D eigenvalue weighted by Crippen LogP contribution is -2.33. The Kier molecular flexibility index (Phi) is 3.26. The topological polar surface area (TPSA) is 46.4 Å². The first-order valence-corrected chi connectivity index (χ1v) is 6.10. The van der Waals surface area contributed by atoms with Gasteiger partial charge in [-0.05, 0) is 29.5 Å². The summed E-state index contributed by atoms with van der Waals surface area (Å²) in [6, 6.07) is 6.65. The molecule has 0 atom stereocenters. The molecule has 4 nitrogen and oxygen atoms in total. The quantitative estimate of drug-likeness (QED) is 0.459. The van der Waals surface area contributed by atoms with Gasteiger partial charge >= 0.3 is 0 Å². The number of hydrogen-bond acceptors (Lipinski definition) is 4. The predicted molar refractivity (Wildman–Crippen MR) is 66.2 cm³/mol. The molecular formula is C11H12N2O2S. The van der Waals surface area contributed by atoms with Gasteiger partial charge in [0.15, 0.2) is 0 Å². The summed E-state index contributed by atoms with van der Waals surface area (Å²) in [5.74, 6) is 0. The SMILES string of the molecule is CSN1CC(=Cc2ccc([N+](=O)[O-])cc2)C1. The highest BCUT2D eigenvalue weighted by molar-refractivity contribution is 7.96. The lowest BCUT2D eigenvalue weighted by molar-refractivity contribution is -0.384. The van der Waals surface area contributed by atoms with Gasteiger partial charge in [0.05, 0.1) is 4.92 Å². The van der Waals surface area contributed by atoms with Crippen molar-refractivity contribution < 1.29 is 4.92 Å². The fourth-order valence-electron chi connectivity index (χ4n) is 1.56. The standard InChI is InChI=1S/C11H12N2O2S/c1-16-12-7-10(8-12)6-9-2-4-11(5-3-9)13(14)15/h2-6H,7-8H2,1H3. The van der Waals surface area contributed by atoms with Crippen molar-refractivity contribution in [2.75, 3.05) is 19.3 Å². The summed E-state index contributed by atoms with van der Waals surface area (Å²) in [4.78, 5) is 10.1. The molecule has 0 bridgehead atoms. The van der Waals surface area contributed by atoms with Crippen LogP contribution >= 0.6 is 11.9 Å². The van der Waals surface area contributed by atoms with Crippen LogP contribution in [0.15, 0.2) is 29.8 Å². The molecule has 16 heavy (non-hydrogen) atoms. The molecular weight excluding hydrogens is 224 g/mol. The van der Waals surface area contributed by atoms with Gasteiger partial charge in [-0.3, -0.25) is 10.1 Å². The maximum Gasteiger partial charge on any atom is 0.269 e. The third-order valence-electron chi connectivity index (χ3n) is 2.49. The van der Waals surface area contributed by atoms with E-state index in [0.29, 0.717) is 0 Å². The summed E-state index contributed by atoms with van der Waals surface area (Å²) < 4.78 is 2.25. The van der Waals surface area contributed by atoms with Crippen molar-refractivity contribution in [3.05, 3.63) is 45.5 Å². The van der Waals surface area contributed by atoms with Crippen molar-refractivity contribution >= 4 is 23.7 Å². The summed E-state index contributed by atoms with van der Waals surface area (Å²) >= 11 is 1.74. The molecule has 0 amide bonds. The smallest absolute Gasteiger partial charge is 0.258 e. The van der Waals surface area contributed by atoms with Crippen LogP contribution in [0.3, 0.4) is 0 Å². The van der Waals surface area contributed by atoms with E-state index in [1.165, 1.54) is 17.7 Å². The molecule has 1 aliphatic rings. The molecule has 1 heterocycles. The van der Waals surface area contributed by atoms with Gasteiger partial charge in [0, 0.05) is 25.2 Å². The third kappa shape index (κ3) is 2.43. The lowest BCUT2D eigenvalue weighted by atomic mass is 10.1. The molecule has 0 saturated carbocycles. The minimum atomic E-state index is -0.379. The van der Waals surface area contributed by atoms with E-state index < -0.39 is 0 Å². The largest absolute Gasteiger partial charge is 0.269 e. The van der Waals surface area contributed by atoms with E-state index in [4.69, 9.17) is 0 Å². The van der Waals surface area contributed by atoms with Crippen molar-refractivity contribution in [2.45, 2.75) is 0 Å². The Morgan fingerprint density at radius 2 is 2.00 bits per heavy atom. The van der Waals surface area contributed by atoms with Gasteiger partial charge < -0.3 is 0 Å². The number of nitrogens with zero attached hydrogens (tertiary/aromatic N) is 2. The van der Waals surface area contributed by atoms with Crippen molar-refractivity contribution in [2.24, 2.45) is 0 Å². The third-order valence-corrected chi connectivity index (χ3v) is 3.27. The Bertz CT molecular complexity index is 420. The van der Waals surface area contributed by atoms with E-state index in [1.54, 1.807) is 24.1 Å². The van der Waals surface area contributed by atoms with E-state index in [-0.39, 0.29) is 10.6 Å². The van der Waals surface area contributed by atoms with Crippen LogP contribution in [0.25, 0.3) is 6.08 Å². The molecule has 0 aromatic heterocycles. The first-order valence-electron chi connectivity index (χ1n) is 4.92. The van der Waals surface area contributed by atoms with Crippen LogP contribution in [0.2, 0.25) is 0 Å². The van der Waals surface area contributed by atoms with Crippen LogP contribution in [0.4, 0.5) is 5.69 Å². The van der Waals surface area contributed by atoms with Crippen molar-refractivity contribution in [1.82, 2.24) is 4.31 Å². The second-order valence-electron chi connectivity index (χ2n) is 3.63. The van der Waals surface area contributed by atoms with Crippen molar-refractivity contribution in [3.8, 4) is 0 Å². The maximum atomic E-state index is 10.5. The molecule has 1 saturated heterocycles. The summed E-state index contributed by atoms with van der Waals surface area (Å²) in [6.07, 6.45) is 4.15. The second-order valence-corrected chi connectivity index (χ2v) is 4.51. The minimum absolute atomic E-state index is 0.140. The Labute approximate surface area is 98.2 Å². The molecule has 1 aromatic rings. The lowest BCUT2D eigenvalue weighted by Gasteiger charge is -2.31. The average molecular weight is 236 g/mol. The van der Waals surface area contributed by atoms with E-state index in [2.05, 4.69) is 16.6 Å². The summed E-state index contributed by atoms with van der Waals surface area (Å²) in [5.41, 5.74) is 2.53. The Balaban J connectivity index is 2.04.